The maximum atomic E-state index is 5.42. The van der Waals surface area contributed by atoms with Crippen molar-refractivity contribution in [2.75, 3.05) is 12.0 Å². The van der Waals surface area contributed by atoms with E-state index in [1.807, 2.05) is 24.4 Å². The third-order valence-electron chi connectivity index (χ3n) is 6.27. The van der Waals surface area contributed by atoms with E-state index in [-0.39, 0.29) is 11.1 Å². The average Bonchev–Trinajstić information content (AvgIpc) is 3.25. The highest BCUT2D eigenvalue weighted by atomic mass is 32.1. The summed E-state index contributed by atoms with van der Waals surface area (Å²) in [6.07, 6.45) is 7.88. The number of piperidine rings is 1. The van der Waals surface area contributed by atoms with Crippen LogP contribution in [0.25, 0.3) is 6.08 Å². The zero-order valence-corrected chi connectivity index (χ0v) is 23.0. The standard InChI is InChI=1S/C28H38N6OS/c1-20(30-23-15-27(2,3)33-28(4,5)16-23)13-25-31-26(36-32-25)34(19-22-10-8-12-29-17-22)18-21-9-7-11-24(14-21)35-6/h7-14,17,23,30,33H,15-16,18-19H2,1-6H3. The Balaban J connectivity index is 1.51. The summed E-state index contributed by atoms with van der Waals surface area (Å²) >= 11 is 1.42. The Morgan fingerprint density at radius 1 is 1.14 bits per heavy atom. The first-order valence-corrected chi connectivity index (χ1v) is 13.2. The molecule has 7 nitrogen and oxygen atoms in total. The lowest BCUT2D eigenvalue weighted by Crippen LogP contribution is -2.61. The summed E-state index contributed by atoms with van der Waals surface area (Å²) in [6.45, 7) is 12.6. The molecule has 1 fully saturated rings. The van der Waals surface area contributed by atoms with Crippen molar-refractivity contribution in [1.29, 1.82) is 0 Å². The van der Waals surface area contributed by atoms with Crippen LogP contribution >= 0.6 is 11.5 Å². The summed E-state index contributed by atoms with van der Waals surface area (Å²) in [5.74, 6) is 1.58. The third kappa shape index (κ3) is 7.27. The lowest BCUT2D eigenvalue weighted by molar-refractivity contribution is 0.151. The number of nitrogens with zero attached hydrogens (tertiary/aromatic N) is 4. The summed E-state index contributed by atoms with van der Waals surface area (Å²) in [5, 5.41) is 8.35. The highest BCUT2D eigenvalue weighted by molar-refractivity contribution is 7.09. The van der Waals surface area contributed by atoms with E-state index in [0.29, 0.717) is 19.1 Å². The van der Waals surface area contributed by atoms with Crippen molar-refractivity contribution in [2.45, 2.75) is 77.7 Å². The average molecular weight is 507 g/mol. The summed E-state index contributed by atoms with van der Waals surface area (Å²) in [6, 6.07) is 12.6. The molecule has 192 valence electrons. The normalized spacial score (nSPS) is 17.6. The van der Waals surface area contributed by atoms with Crippen molar-refractivity contribution < 1.29 is 4.74 Å². The van der Waals surface area contributed by atoms with Crippen LogP contribution in [-0.2, 0) is 13.1 Å². The molecule has 0 aliphatic carbocycles. The van der Waals surface area contributed by atoms with Crippen LogP contribution in [-0.4, -0.2) is 38.6 Å². The van der Waals surface area contributed by atoms with Gasteiger partial charge in [-0.3, -0.25) is 4.98 Å². The molecule has 1 aliphatic heterocycles. The number of anilines is 1. The van der Waals surface area contributed by atoms with Gasteiger partial charge in [-0.05, 0) is 76.8 Å². The fraction of sp³-hybridized carbons (Fsp3) is 0.464. The van der Waals surface area contributed by atoms with E-state index in [9.17, 15) is 0 Å². The minimum absolute atomic E-state index is 0.0959. The van der Waals surface area contributed by atoms with Gasteiger partial charge in [-0.25, -0.2) is 0 Å². The zero-order valence-electron chi connectivity index (χ0n) is 22.2. The quantitative estimate of drug-likeness (QED) is 0.402. The molecule has 0 amide bonds. The van der Waals surface area contributed by atoms with Gasteiger partial charge in [0, 0.05) is 65.9 Å². The molecule has 0 atom stereocenters. The van der Waals surface area contributed by atoms with Gasteiger partial charge in [0.25, 0.3) is 0 Å². The molecule has 0 bridgehead atoms. The molecule has 0 saturated carbocycles. The van der Waals surface area contributed by atoms with Crippen LogP contribution in [0, 0.1) is 0 Å². The van der Waals surface area contributed by atoms with Crippen LogP contribution in [0.15, 0.2) is 54.5 Å². The lowest BCUT2D eigenvalue weighted by atomic mass is 9.79. The molecule has 3 aromatic rings. The largest absolute Gasteiger partial charge is 0.497 e. The van der Waals surface area contributed by atoms with Crippen LogP contribution < -0.4 is 20.3 Å². The van der Waals surface area contributed by atoms with E-state index in [0.717, 1.165) is 46.4 Å². The SMILES string of the molecule is COc1cccc(CN(Cc2cccnc2)c2nc(C=C(C)NC3CC(C)(C)NC(C)(C)C3)ns2)c1. The number of methoxy groups -OCH3 is 1. The van der Waals surface area contributed by atoms with Gasteiger partial charge in [0.05, 0.1) is 7.11 Å². The van der Waals surface area contributed by atoms with E-state index in [1.54, 1.807) is 13.3 Å². The molecular weight excluding hydrogens is 468 g/mol. The number of ether oxygens (including phenoxy) is 1. The summed E-state index contributed by atoms with van der Waals surface area (Å²) in [5.41, 5.74) is 3.56. The highest BCUT2D eigenvalue weighted by Gasteiger charge is 2.37. The van der Waals surface area contributed by atoms with E-state index in [4.69, 9.17) is 9.72 Å². The van der Waals surface area contributed by atoms with Gasteiger partial charge in [-0.15, -0.1) is 0 Å². The van der Waals surface area contributed by atoms with Gasteiger partial charge in [0.2, 0.25) is 5.13 Å². The van der Waals surface area contributed by atoms with Crippen molar-refractivity contribution in [1.82, 2.24) is 25.0 Å². The number of benzene rings is 1. The maximum absolute atomic E-state index is 5.42. The van der Waals surface area contributed by atoms with Crippen LogP contribution in [0.4, 0.5) is 5.13 Å². The number of allylic oxidation sites excluding steroid dienone is 1. The van der Waals surface area contributed by atoms with Gasteiger partial charge in [0.15, 0.2) is 5.82 Å². The molecule has 2 aromatic heterocycles. The second-order valence-corrected chi connectivity index (χ2v) is 11.7. The number of pyridine rings is 1. The minimum Gasteiger partial charge on any atom is -0.497 e. The van der Waals surface area contributed by atoms with Crippen LogP contribution in [0.1, 0.15) is 64.4 Å². The second-order valence-electron chi connectivity index (χ2n) is 11.0. The molecule has 4 rings (SSSR count). The Kier molecular flexibility index (Phi) is 7.95. The fourth-order valence-electron chi connectivity index (χ4n) is 5.29. The first kappa shape index (κ1) is 26.1. The monoisotopic (exact) mass is 506 g/mol. The van der Waals surface area contributed by atoms with Crippen molar-refractivity contribution in [3.63, 3.8) is 0 Å². The van der Waals surface area contributed by atoms with Gasteiger partial charge in [-0.1, -0.05) is 18.2 Å². The predicted molar refractivity (Wildman–Crippen MR) is 148 cm³/mol. The van der Waals surface area contributed by atoms with Crippen molar-refractivity contribution in [3.8, 4) is 5.75 Å². The minimum atomic E-state index is 0.0959. The van der Waals surface area contributed by atoms with E-state index >= 15 is 0 Å². The smallest absolute Gasteiger partial charge is 0.206 e. The van der Waals surface area contributed by atoms with Crippen LogP contribution in [0.2, 0.25) is 0 Å². The Morgan fingerprint density at radius 3 is 2.56 bits per heavy atom. The lowest BCUT2D eigenvalue weighted by Gasteiger charge is -2.47. The number of nitrogens with one attached hydrogen (secondary N) is 2. The number of hydrogen-bond donors (Lipinski definition) is 2. The van der Waals surface area contributed by atoms with Gasteiger partial charge in [-0.2, -0.15) is 9.36 Å². The summed E-state index contributed by atoms with van der Waals surface area (Å²) < 4.78 is 10.1. The molecular formula is C28H38N6OS. The van der Waals surface area contributed by atoms with Crippen LogP contribution in [0.5, 0.6) is 5.75 Å². The number of aromatic nitrogens is 3. The zero-order chi connectivity index (χ0) is 25.8. The first-order chi connectivity index (χ1) is 17.1. The molecule has 0 spiro atoms. The molecule has 1 saturated heterocycles. The van der Waals surface area contributed by atoms with E-state index in [2.05, 4.69) is 83.8 Å². The van der Waals surface area contributed by atoms with Gasteiger partial charge in [0.1, 0.15) is 5.75 Å². The molecule has 0 radical (unpaired) electrons. The first-order valence-electron chi connectivity index (χ1n) is 12.5. The Morgan fingerprint density at radius 2 is 1.86 bits per heavy atom. The molecule has 0 unspecified atom stereocenters. The molecule has 36 heavy (non-hydrogen) atoms. The molecule has 1 aromatic carbocycles. The topological polar surface area (TPSA) is 75.2 Å². The summed E-state index contributed by atoms with van der Waals surface area (Å²) in [7, 11) is 1.69. The maximum Gasteiger partial charge on any atom is 0.206 e. The number of hydrogen-bond acceptors (Lipinski definition) is 8. The van der Waals surface area contributed by atoms with Gasteiger partial charge < -0.3 is 20.3 Å². The van der Waals surface area contributed by atoms with Crippen LogP contribution in [0.3, 0.4) is 0 Å². The highest BCUT2D eigenvalue weighted by Crippen LogP contribution is 2.29. The molecule has 2 N–H and O–H groups in total. The van der Waals surface area contributed by atoms with Crippen molar-refractivity contribution >= 4 is 22.7 Å². The third-order valence-corrected chi connectivity index (χ3v) is 7.06. The fourth-order valence-corrected chi connectivity index (χ4v) is 5.94. The van der Waals surface area contributed by atoms with Crippen molar-refractivity contribution in [2.24, 2.45) is 0 Å². The molecule has 3 heterocycles. The van der Waals surface area contributed by atoms with Crippen molar-refractivity contribution in [3.05, 3.63) is 71.4 Å². The Bertz CT molecular complexity index is 1160. The summed E-state index contributed by atoms with van der Waals surface area (Å²) in [4.78, 5) is 11.4. The van der Waals surface area contributed by atoms with E-state index in [1.165, 1.54) is 11.5 Å². The van der Waals surface area contributed by atoms with Gasteiger partial charge >= 0.3 is 0 Å². The predicted octanol–water partition coefficient (Wildman–Crippen LogP) is 5.41. The second kappa shape index (κ2) is 11.0. The Labute approximate surface area is 219 Å². The Hall–Kier alpha value is -2.97. The molecule has 8 heteroatoms. The molecule has 1 aliphatic rings. The number of rotatable bonds is 9. The van der Waals surface area contributed by atoms with E-state index < -0.39 is 0 Å².